The van der Waals surface area contributed by atoms with Crippen LogP contribution in [0.25, 0.3) is 38.9 Å². The number of ether oxygens (including phenoxy) is 1. The number of aromatic hydroxyl groups is 1. The molecule has 0 aliphatic heterocycles. The van der Waals surface area contributed by atoms with E-state index in [0.717, 1.165) is 27.5 Å². The van der Waals surface area contributed by atoms with Gasteiger partial charge < -0.3 is 14.8 Å². The molecule has 0 amide bonds. The fourth-order valence-electron chi connectivity index (χ4n) is 3.82. The van der Waals surface area contributed by atoms with Gasteiger partial charge in [0.05, 0.1) is 11.0 Å². The summed E-state index contributed by atoms with van der Waals surface area (Å²) in [6.45, 7) is 0. The van der Waals surface area contributed by atoms with E-state index in [9.17, 15) is 5.11 Å². The molecular weight excluding hydrogens is 607 g/mol. The molecule has 168 valence electrons. The number of pyridine rings is 2. The van der Waals surface area contributed by atoms with Crippen molar-refractivity contribution in [1.29, 1.82) is 0 Å². The third-order valence-electron chi connectivity index (χ3n) is 5.37. The molecule has 1 N–H and O–H groups in total. The van der Waals surface area contributed by atoms with E-state index in [0.29, 0.717) is 23.0 Å². The number of fused-ring (bicyclic) bond motifs is 2. The summed E-state index contributed by atoms with van der Waals surface area (Å²) in [5.74, 6) is 1.41. The van der Waals surface area contributed by atoms with Crippen LogP contribution in [0.5, 0.6) is 17.6 Å². The second-order valence-corrected chi connectivity index (χ2v) is 7.52. The van der Waals surface area contributed by atoms with Crippen LogP contribution in [0.2, 0.25) is 0 Å². The van der Waals surface area contributed by atoms with Crippen LogP contribution < -0.4 is 4.74 Å². The first-order chi connectivity index (χ1) is 16.2. The minimum atomic E-state index is -0.128. The molecule has 6 rings (SSSR count). The molecule has 3 aromatic carbocycles. The molecule has 6 aromatic rings. The van der Waals surface area contributed by atoms with Crippen LogP contribution in [0.3, 0.4) is 0 Å². The first-order valence-corrected chi connectivity index (χ1v) is 10.4. The van der Waals surface area contributed by atoms with Gasteiger partial charge in [0.15, 0.2) is 0 Å². The van der Waals surface area contributed by atoms with Gasteiger partial charge in [0.2, 0.25) is 5.88 Å². The second-order valence-electron chi connectivity index (χ2n) is 7.52. The number of imidazole rings is 1. The monoisotopic (exact) mass is 624 g/mol. The van der Waals surface area contributed by atoms with Crippen molar-refractivity contribution in [2.24, 2.45) is 0 Å². The van der Waals surface area contributed by atoms with Crippen molar-refractivity contribution in [3.63, 3.8) is 0 Å². The molecule has 34 heavy (non-hydrogen) atoms. The zero-order valence-electron chi connectivity index (χ0n) is 17.7. The van der Waals surface area contributed by atoms with Gasteiger partial charge in [-0.1, -0.05) is 54.6 Å². The molecule has 0 atom stereocenters. The number of hydrogen-bond donors (Lipinski definition) is 1. The Labute approximate surface area is 209 Å². The Morgan fingerprint density at radius 3 is 2.50 bits per heavy atom. The van der Waals surface area contributed by atoms with Crippen molar-refractivity contribution in [2.45, 2.75) is 0 Å². The van der Waals surface area contributed by atoms with Crippen molar-refractivity contribution in [2.75, 3.05) is 0 Å². The molecule has 0 saturated carbocycles. The van der Waals surface area contributed by atoms with Gasteiger partial charge in [-0.15, -0.1) is 23.8 Å². The van der Waals surface area contributed by atoms with E-state index in [-0.39, 0.29) is 27.1 Å². The summed E-state index contributed by atoms with van der Waals surface area (Å²) in [5, 5.41) is 12.6. The molecule has 0 fully saturated rings. The molecule has 3 heterocycles. The van der Waals surface area contributed by atoms with Crippen molar-refractivity contribution in [3.8, 4) is 34.7 Å². The molecule has 0 unspecified atom stereocenters. The molecule has 0 aliphatic rings. The summed E-state index contributed by atoms with van der Waals surface area (Å²) >= 11 is 0. The Kier molecular flexibility index (Phi) is 5.82. The van der Waals surface area contributed by atoms with Crippen LogP contribution in [0.1, 0.15) is 0 Å². The fraction of sp³-hybridized carbons (Fsp3) is 0. The van der Waals surface area contributed by atoms with Crippen molar-refractivity contribution in [3.05, 3.63) is 103 Å². The zero-order chi connectivity index (χ0) is 22.2. The molecule has 0 saturated heterocycles. The number of benzene rings is 3. The smallest absolute Gasteiger partial charge is 0.300 e. The van der Waals surface area contributed by atoms with E-state index in [2.05, 4.69) is 27.1 Å². The van der Waals surface area contributed by atoms with E-state index < -0.39 is 0 Å². The van der Waals surface area contributed by atoms with Crippen LogP contribution in [0.15, 0.2) is 97.2 Å². The Hall–Kier alpha value is -4.02. The number of rotatable bonds is 4. The van der Waals surface area contributed by atoms with Gasteiger partial charge in [0, 0.05) is 39.1 Å². The van der Waals surface area contributed by atoms with Crippen molar-refractivity contribution in [1.82, 2.24) is 19.5 Å². The predicted octanol–water partition coefficient (Wildman–Crippen LogP) is 5.93. The molecule has 0 bridgehead atoms. The van der Waals surface area contributed by atoms with Gasteiger partial charge in [-0.05, 0) is 34.7 Å². The summed E-state index contributed by atoms with van der Waals surface area (Å²) in [4.78, 5) is 13.3. The normalized spacial score (nSPS) is 10.8. The maximum absolute atomic E-state index is 10.4. The average Bonchev–Trinajstić information content (AvgIpc) is 3.20. The summed E-state index contributed by atoms with van der Waals surface area (Å²) < 4.78 is 7.59. The zero-order valence-corrected chi connectivity index (χ0v) is 20.0. The second kappa shape index (κ2) is 9.08. The van der Waals surface area contributed by atoms with E-state index in [1.54, 1.807) is 16.7 Å². The third kappa shape index (κ3) is 4.04. The number of hydrogen-bond acceptors (Lipinski definition) is 5. The van der Waals surface area contributed by atoms with Crippen LogP contribution in [-0.2, 0) is 21.1 Å². The Balaban J connectivity index is 0.00000241. The average molecular weight is 625 g/mol. The standard InChI is InChI=1S/C27H17N4O2.Pt/c32-27-29-22-11-3-4-12-24(22)31(27)25-13-6-14-26(30-25)33-21-10-5-9-19(15-21)23-16-18-7-1-2-8-20(18)17-28-23;/h1-14,16-17H,(H,29,32);/q-1;. The minimum absolute atomic E-state index is 0. The van der Waals surface area contributed by atoms with Gasteiger partial charge in [-0.25, -0.2) is 4.57 Å². The fourth-order valence-corrected chi connectivity index (χ4v) is 3.82. The quantitative estimate of drug-likeness (QED) is 0.246. The summed E-state index contributed by atoms with van der Waals surface area (Å²) in [6.07, 6.45) is 1.86. The first kappa shape index (κ1) is 21.8. The molecule has 3 aromatic heterocycles. The third-order valence-corrected chi connectivity index (χ3v) is 5.37. The van der Waals surface area contributed by atoms with Crippen molar-refractivity contribution >= 4 is 21.8 Å². The Morgan fingerprint density at radius 2 is 1.59 bits per heavy atom. The Morgan fingerprint density at radius 1 is 0.794 bits per heavy atom. The Bertz CT molecular complexity index is 1630. The van der Waals surface area contributed by atoms with Crippen LogP contribution in [-0.4, -0.2) is 24.6 Å². The van der Waals surface area contributed by atoms with Crippen LogP contribution in [0.4, 0.5) is 0 Å². The SMILES string of the molecule is Oc1nc2ccccc2n1-c1cccc(Oc2[c-]c(-c3cc4ccccc4cn3)ccc2)n1.[Pt]. The van der Waals surface area contributed by atoms with Gasteiger partial charge in [-0.2, -0.15) is 9.97 Å². The summed E-state index contributed by atoms with van der Waals surface area (Å²) in [5.41, 5.74) is 3.09. The summed E-state index contributed by atoms with van der Waals surface area (Å²) in [7, 11) is 0. The molecule has 0 radical (unpaired) electrons. The minimum Gasteiger partial charge on any atom is -0.480 e. The topological polar surface area (TPSA) is 73.1 Å². The number of para-hydroxylation sites is 2. The molecule has 0 spiro atoms. The van der Waals surface area contributed by atoms with Gasteiger partial charge in [0.25, 0.3) is 0 Å². The number of aromatic nitrogens is 4. The maximum Gasteiger partial charge on any atom is 0.300 e. The molecule has 0 aliphatic carbocycles. The molecule has 6 nitrogen and oxygen atoms in total. The molecular formula is C27H17N4O2Pt-. The van der Waals surface area contributed by atoms with Crippen LogP contribution >= 0.6 is 0 Å². The largest absolute Gasteiger partial charge is 0.480 e. The van der Waals surface area contributed by atoms with Gasteiger partial charge in [0.1, 0.15) is 5.82 Å². The van der Waals surface area contributed by atoms with E-state index >= 15 is 0 Å². The first-order valence-electron chi connectivity index (χ1n) is 10.4. The van der Waals surface area contributed by atoms with Gasteiger partial charge >= 0.3 is 6.01 Å². The summed E-state index contributed by atoms with van der Waals surface area (Å²) in [6, 6.07) is 31.8. The number of nitrogens with zero attached hydrogens (tertiary/aromatic N) is 4. The molecule has 7 heteroatoms. The van der Waals surface area contributed by atoms with E-state index in [4.69, 9.17) is 4.74 Å². The predicted molar refractivity (Wildman–Crippen MR) is 127 cm³/mol. The van der Waals surface area contributed by atoms with E-state index in [1.165, 1.54) is 0 Å². The maximum atomic E-state index is 10.4. The van der Waals surface area contributed by atoms with Crippen molar-refractivity contribution < 1.29 is 30.9 Å². The van der Waals surface area contributed by atoms with Crippen LogP contribution in [0, 0.1) is 6.07 Å². The van der Waals surface area contributed by atoms with Gasteiger partial charge in [-0.3, -0.25) is 0 Å². The van der Waals surface area contributed by atoms with E-state index in [1.807, 2.05) is 79.0 Å².